The molecule has 0 aromatic carbocycles. The molecule has 1 heterocycles. The summed E-state index contributed by atoms with van der Waals surface area (Å²) in [6, 6.07) is 1.14. The number of aromatic nitrogens is 2. The maximum Gasteiger partial charge on any atom is 0.0540 e. The van der Waals surface area contributed by atoms with Gasteiger partial charge in [-0.3, -0.25) is 4.68 Å². The van der Waals surface area contributed by atoms with Crippen molar-refractivity contribution in [3.8, 4) is 0 Å². The molecule has 1 N–H and O–H groups in total. The molecule has 0 saturated heterocycles. The van der Waals surface area contributed by atoms with Crippen LogP contribution in [-0.2, 0) is 6.42 Å². The third-order valence-corrected chi connectivity index (χ3v) is 5.33. The second-order valence-corrected chi connectivity index (χ2v) is 7.79. The first-order chi connectivity index (χ1) is 10.1. The Balaban J connectivity index is 1.90. The molecule has 1 fully saturated rings. The summed E-state index contributed by atoms with van der Waals surface area (Å²) in [5.41, 5.74) is 3.37. The number of rotatable bonds is 3. The molecule has 1 aromatic rings. The zero-order valence-electron chi connectivity index (χ0n) is 14.0. The standard InChI is InChI=1S/C18H31N3/c1-4-19-16-11-18(2,3)12-17-15(16)13-20-21(17)14-9-7-5-6-8-10-14/h13-14,16,19H,4-12H2,1-3H3. The molecule has 2 aliphatic carbocycles. The molecule has 3 nitrogen and oxygen atoms in total. The normalized spacial score (nSPS) is 26.3. The van der Waals surface area contributed by atoms with Gasteiger partial charge in [-0.2, -0.15) is 5.10 Å². The molecular formula is C18H31N3. The van der Waals surface area contributed by atoms with Crippen LogP contribution in [0, 0.1) is 5.41 Å². The first kappa shape index (κ1) is 15.1. The van der Waals surface area contributed by atoms with Gasteiger partial charge >= 0.3 is 0 Å². The molecule has 1 aromatic heterocycles. The molecule has 0 radical (unpaired) electrons. The van der Waals surface area contributed by atoms with Crippen molar-refractivity contribution >= 4 is 0 Å². The van der Waals surface area contributed by atoms with Crippen LogP contribution in [0.3, 0.4) is 0 Å². The van der Waals surface area contributed by atoms with Crippen molar-refractivity contribution in [3.05, 3.63) is 17.5 Å². The van der Waals surface area contributed by atoms with Crippen molar-refractivity contribution in [3.63, 3.8) is 0 Å². The number of fused-ring (bicyclic) bond motifs is 1. The first-order valence-electron chi connectivity index (χ1n) is 8.90. The van der Waals surface area contributed by atoms with Gasteiger partial charge in [-0.1, -0.05) is 46.5 Å². The minimum atomic E-state index is 0.377. The molecule has 3 heteroatoms. The number of nitrogens with one attached hydrogen (secondary N) is 1. The lowest BCUT2D eigenvalue weighted by atomic mass is 9.74. The largest absolute Gasteiger partial charge is 0.310 e. The highest BCUT2D eigenvalue weighted by molar-refractivity contribution is 5.27. The number of hydrogen-bond acceptors (Lipinski definition) is 2. The van der Waals surface area contributed by atoms with Crippen LogP contribution in [0.5, 0.6) is 0 Å². The summed E-state index contributed by atoms with van der Waals surface area (Å²) < 4.78 is 2.41. The summed E-state index contributed by atoms with van der Waals surface area (Å²) in [7, 11) is 0. The summed E-state index contributed by atoms with van der Waals surface area (Å²) in [5.74, 6) is 0. The average molecular weight is 289 g/mol. The Morgan fingerprint density at radius 3 is 2.62 bits per heavy atom. The van der Waals surface area contributed by atoms with Gasteiger partial charge in [0.25, 0.3) is 0 Å². The zero-order chi connectivity index (χ0) is 14.9. The van der Waals surface area contributed by atoms with Crippen LogP contribution in [0.1, 0.15) is 89.1 Å². The molecule has 0 aliphatic heterocycles. The van der Waals surface area contributed by atoms with Crippen molar-refractivity contribution in [2.75, 3.05) is 6.54 Å². The van der Waals surface area contributed by atoms with E-state index in [0.717, 1.165) is 6.54 Å². The first-order valence-corrected chi connectivity index (χ1v) is 8.90. The maximum absolute atomic E-state index is 4.84. The van der Waals surface area contributed by atoms with E-state index in [4.69, 9.17) is 5.10 Å². The maximum atomic E-state index is 4.84. The van der Waals surface area contributed by atoms with E-state index in [-0.39, 0.29) is 0 Å². The Kier molecular flexibility index (Phi) is 4.39. The van der Waals surface area contributed by atoms with E-state index in [2.05, 4.69) is 37.0 Å². The third-order valence-electron chi connectivity index (χ3n) is 5.33. The lowest BCUT2D eigenvalue weighted by molar-refractivity contribution is 0.246. The van der Waals surface area contributed by atoms with Gasteiger partial charge < -0.3 is 5.32 Å². The third kappa shape index (κ3) is 3.18. The molecule has 118 valence electrons. The van der Waals surface area contributed by atoms with Gasteiger partial charge in [-0.05, 0) is 37.6 Å². The van der Waals surface area contributed by atoms with E-state index in [1.54, 1.807) is 0 Å². The summed E-state index contributed by atoms with van der Waals surface area (Å²) in [4.78, 5) is 0. The fourth-order valence-corrected chi connectivity index (χ4v) is 4.31. The molecule has 2 aliphatic rings. The molecule has 1 saturated carbocycles. The van der Waals surface area contributed by atoms with Gasteiger partial charge in [-0.25, -0.2) is 0 Å². The van der Waals surface area contributed by atoms with E-state index in [9.17, 15) is 0 Å². The summed E-state index contributed by atoms with van der Waals surface area (Å²) in [5, 5.41) is 8.51. The number of hydrogen-bond donors (Lipinski definition) is 1. The van der Waals surface area contributed by atoms with Gasteiger partial charge in [0, 0.05) is 17.3 Å². The van der Waals surface area contributed by atoms with Crippen LogP contribution < -0.4 is 5.32 Å². The van der Waals surface area contributed by atoms with Gasteiger partial charge in [0.15, 0.2) is 0 Å². The fourth-order valence-electron chi connectivity index (χ4n) is 4.31. The lowest BCUT2D eigenvalue weighted by Crippen LogP contribution is -2.34. The molecule has 0 bridgehead atoms. The second-order valence-electron chi connectivity index (χ2n) is 7.79. The molecule has 1 unspecified atom stereocenters. The summed E-state index contributed by atoms with van der Waals surface area (Å²) >= 11 is 0. The smallest absolute Gasteiger partial charge is 0.0540 e. The molecular weight excluding hydrogens is 258 g/mol. The summed E-state index contributed by atoms with van der Waals surface area (Å²) in [6.07, 6.45) is 12.8. The minimum absolute atomic E-state index is 0.377. The van der Waals surface area contributed by atoms with Gasteiger partial charge in [0.1, 0.15) is 0 Å². The van der Waals surface area contributed by atoms with E-state index in [1.165, 1.54) is 62.6 Å². The quantitative estimate of drug-likeness (QED) is 0.836. The van der Waals surface area contributed by atoms with Crippen LogP contribution >= 0.6 is 0 Å². The van der Waals surface area contributed by atoms with Crippen molar-refractivity contribution in [1.82, 2.24) is 15.1 Å². The lowest BCUT2D eigenvalue weighted by Gasteiger charge is -2.36. The average Bonchev–Trinajstić information content (AvgIpc) is 2.67. The van der Waals surface area contributed by atoms with E-state index in [0.29, 0.717) is 17.5 Å². The topological polar surface area (TPSA) is 29.9 Å². The van der Waals surface area contributed by atoms with Gasteiger partial charge in [0.2, 0.25) is 0 Å². The highest BCUT2D eigenvalue weighted by Gasteiger charge is 2.35. The van der Waals surface area contributed by atoms with Crippen LogP contribution in [0.4, 0.5) is 0 Å². The Labute approximate surface area is 129 Å². The van der Waals surface area contributed by atoms with E-state index < -0.39 is 0 Å². The SMILES string of the molecule is CCNC1CC(C)(C)Cc2c1cnn2C1CCCCCC1. The van der Waals surface area contributed by atoms with Crippen molar-refractivity contribution in [2.24, 2.45) is 5.41 Å². The van der Waals surface area contributed by atoms with Crippen molar-refractivity contribution < 1.29 is 0 Å². The Hall–Kier alpha value is -0.830. The van der Waals surface area contributed by atoms with Gasteiger partial charge in [-0.15, -0.1) is 0 Å². The molecule has 1 atom stereocenters. The predicted molar refractivity (Wildman–Crippen MR) is 87.5 cm³/mol. The Morgan fingerprint density at radius 1 is 1.24 bits per heavy atom. The van der Waals surface area contributed by atoms with Crippen LogP contribution in [-0.4, -0.2) is 16.3 Å². The van der Waals surface area contributed by atoms with E-state index in [1.807, 2.05) is 0 Å². The fraction of sp³-hybridized carbons (Fsp3) is 0.833. The van der Waals surface area contributed by atoms with Crippen molar-refractivity contribution in [1.29, 1.82) is 0 Å². The molecule has 3 rings (SSSR count). The highest BCUT2D eigenvalue weighted by Crippen LogP contribution is 2.42. The Bertz CT molecular complexity index is 467. The van der Waals surface area contributed by atoms with Crippen LogP contribution in [0.2, 0.25) is 0 Å². The van der Waals surface area contributed by atoms with Crippen LogP contribution in [0.25, 0.3) is 0 Å². The molecule has 21 heavy (non-hydrogen) atoms. The van der Waals surface area contributed by atoms with E-state index >= 15 is 0 Å². The zero-order valence-corrected chi connectivity index (χ0v) is 14.0. The molecule has 0 amide bonds. The van der Waals surface area contributed by atoms with Crippen LogP contribution in [0.15, 0.2) is 6.20 Å². The molecule has 0 spiro atoms. The predicted octanol–water partition coefficient (Wildman–Crippen LogP) is 4.40. The highest BCUT2D eigenvalue weighted by atomic mass is 15.3. The Morgan fingerprint density at radius 2 is 1.95 bits per heavy atom. The monoisotopic (exact) mass is 289 g/mol. The minimum Gasteiger partial charge on any atom is -0.310 e. The number of nitrogens with zero attached hydrogens (tertiary/aromatic N) is 2. The van der Waals surface area contributed by atoms with Crippen molar-refractivity contribution in [2.45, 2.75) is 84.2 Å². The second kappa shape index (κ2) is 6.12. The summed E-state index contributed by atoms with van der Waals surface area (Å²) in [6.45, 7) is 8.06. The van der Waals surface area contributed by atoms with Gasteiger partial charge in [0.05, 0.1) is 12.2 Å².